The molecule has 0 spiro atoms. The fourth-order valence-corrected chi connectivity index (χ4v) is 1.78. The molecule has 2 heteroatoms. The topological polar surface area (TPSA) is 12.5 Å². The number of ether oxygens (including phenoxy) is 1. The van der Waals surface area contributed by atoms with Gasteiger partial charge in [0.25, 0.3) is 0 Å². The first-order valence-electron chi connectivity index (χ1n) is 4.83. The highest BCUT2D eigenvalue weighted by Crippen LogP contribution is 2.45. The highest BCUT2D eigenvalue weighted by Gasteiger charge is 2.16. The average molecular weight is 196 g/mol. The molecule has 0 bridgehead atoms. The Hall–Kier alpha value is -1.96. The Balaban J connectivity index is 2.20. The number of hydrogen-bond acceptors (Lipinski definition) is 2. The minimum absolute atomic E-state index is 0.853. The minimum atomic E-state index is 0.853. The van der Waals surface area contributed by atoms with Crippen LogP contribution in [0.3, 0.4) is 0 Å². The van der Waals surface area contributed by atoms with Crippen molar-refractivity contribution in [3.8, 4) is 11.5 Å². The van der Waals surface area contributed by atoms with Crippen LogP contribution in [0.1, 0.15) is 0 Å². The molecule has 0 aromatic heterocycles. The molecule has 3 rings (SSSR count). The molecular weight excluding hydrogens is 186 g/mol. The molecule has 0 atom stereocenters. The van der Waals surface area contributed by atoms with E-state index in [-0.39, 0.29) is 0 Å². The molecule has 0 aliphatic carbocycles. The second-order valence-corrected chi connectivity index (χ2v) is 3.47. The van der Waals surface area contributed by atoms with E-state index in [1.807, 2.05) is 53.4 Å². The van der Waals surface area contributed by atoms with Gasteiger partial charge in [0.15, 0.2) is 0 Å². The van der Waals surface area contributed by atoms with Gasteiger partial charge in [0.1, 0.15) is 11.5 Å². The first-order chi connectivity index (χ1) is 7.36. The summed E-state index contributed by atoms with van der Waals surface area (Å²) in [5.41, 5.74) is 1.99. The number of para-hydroxylation sites is 4. The van der Waals surface area contributed by atoms with E-state index in [1.165, 1.54) is 0 Å². The lowest BCUT2D eigenvalue weighted by Gasteiger charge is -2.35. The highest BCUT2D eigenvalue weighted by molar-refractivity contribution is 5.77. The van der Waals surface area contributed by atoms with Crippen LogP contribution >= 0.6 is 0 Å². The van der Waals surface area contributed by atoms with Gasteiger partial charge in [0, 0.05) is 0 Å². The predicted molar refractivity (Wildman–Crippen MR) is 60.5 cm³/mol. The summed E-state index contributed by atoms with van der Waals surface area (Å²) in [6, 6.07) is 15.8. The van der Waals surface area contributed by atoms with Gasteiger partial charge < -0.3 is 9.64 Å². The highest BCUT2D eigenvalue weighted by atomic mass is 16.5. The van der Waals surface area contributed by atoms with Gasteiger partial charge in [0.2, 0.25) is 0 Å². The van der Waals surface area contributed by atoms with Crippen molar-refractivity contribution in [3.05, 3.63) is 55.6 Å². The molecule has 1 aliphatic rings. The summed E-state index contributed by atoms with van der Waals surface area (Å²) in [5.74, 6) is 1.71. The SMILES string of the molecule is [CH2-]N1c2ccccc2Oc2ccccc21. The molecule has 2 nitrogen and oxygen atoms in total. The smallest absolute Gasteiger partial charge is 0.148 e. The minimum Gasteiger partial charge on any atom is -0.491 e. The van der Waals surface area contributed by atoms with Crippen LogP contribution in [-0.2, 0) is 0 Å². The van der Waals surface area contributed by atoms with Gasteiger partial charge in [-0.25, -0.2) is 7.05 Å². The molecule has 15 heavy (non-hydrogen) atoms. The Kier molecular flexibility index (Phi) is 1.68. The Morgan fingerprint density at radius 2 is 1.27 bits per heavy atom. The fraction of sp³-hybridized carbons (Fsp3) is 0. The number of rotatable bonds is 0. The van der Waals surface area contributed by atoms with Crippen molar-refractivity contribution >= 4 is 11.4 Å². The molecule has 2 aromatic rings. The number of fused-ring (bicyclic) bond motifs is 2. The Morgan fingerprint density at radius 3 is 1.80 bits per heavy atom. The fourth-order valence-electron chi connectivity index (χ4n) is 1.78. The quantitative estimate of drug-likeness (QED) is 0.595. The molecule has 0 radical (unpaired) electrons. The molecule has 1 heterocycles. The monoisotopic (exact) mass is 196 g/mol. The van der Waals surface area contributed by atoms with E-state index in [4.69, 9.17) is 4.74 Å². The number of benzene rings is 2. The second kappa shape index (κ2) is 3.02. The normalized spacial score (nSPS) is 12.7. The first-order valence-corrected chi connectivity index (χ1v) is 4.83. The summed E-state index contributed by atoms with van der Waals surface area (Å²) >= 11 is 0. The molecule has 1 aliphatic heterocycles. The molecule has 74 valence electrons. The summed E-state index contributed by atoms with van der Waals surface area (Å²) in [6.45, 7) is 0. The van der Waals surface area contributed by atoms with Crippen molar-refractivity contribution in [2.45, 2.75) is 0 Å². The lowest BCUT2D eigenvalue weighted by atomic mass is 10.2. The van der Waals surface area contributed by atoms with Crippen molar-refractivity contribution in [1.82, 2.24) is 0 Å². The summed E-state index contributed by atoms with van der Waals surface area (Å²) in [4.78, 5) is 1.90. The maximum atomic E-state index is 5.77. The van der Waals surface area contributed by atoms with Gasteiger partial charge in [-0.05, 0) is 24.3 Å². The molecule has 0 N–H and O–H groups in total. The Morgan fingerprint density at radius 1 is 0.800 bits per heavy atom. The van der Waals surface area contributed by atoms with Gasteiger partial charge in [-0.2, -0.15) is 0 Å². The Bertz CT molecular complexity index is 462. The van der Waals surface area contributed by atoms with E-state index in [0.717, 1.165) is 22.9 Å². The van der Waals surface area contributed by atoms with E-state index in [1.54, 1.807) is 0 Å². The molecule has 0 amide bonds. The second-order valence-electron chi connectivity index (χ2n) is 3.47. The van der Waals surface area contributed by atoms with Crippen molar-refractivity contribution < 1.29 is 4.74 Å². The largest absolute Gasteiger partial charge is 0.491 e. The third-order valence-electron chi connectivity index (χ3n) is 2.53. The summed E-state index contributed by atoms with van der Waals surface area (Å²) < 4.78 is 5.77. The van der Waals surface area contributed by atoms with Gasteiger partial charge in [-0.1, -0.05) is 24.3 Å². The van der Waals surface area contributed by atoms with Crippen LogP contribution in [0.4, 0.5) is 11.4 Å². The number of nitrogens with zero attached hydrogens (tertiary/aromatic N) is 1. The third-order valence-corrected chi connectivity index (χ3v) is 2.53. The Labute approximate surface area is 88.7 Å². The summed E-state index contributed by atoms with van der Waals surface area (Å²) in [7, 11) is 4.03. The van der Waals surface area contributed by atoms with Crippen molar-refractivity contribution in [1.29, 1.82) is 0 Å². The lowest BCUT2D eigenvalue weighted by Crippen LogP contribution is -2.12. The molecule has 0 saturated carbocycles. The zero-order chi connectivity index (χ0) is 10.3. The van der Waals surface area contributed by atoms with E-state index in [2.05, 4.69) is 7.05 Å². The van der Waals surface area contributed by atoms with E-state index in [9.17, 15) is 0 Å². The standard InChI is InChI=1S/C13H10NO/c1-14-10-6-2-4-8-12(10)15-13-9-5-3-7-11(13)14/h2-9H,1H2/q-1. The van der Waals surface area contributed by atoms with Crippen LogP contribution in [-0.4, -0.2) is 0 Å². The maximum Gasteiger partial charge on any atom is 0.148 e. The van der Waals surface area contributed by atoms with Crippen LogP contribution in [0.2, 0.25) is 0 Å². The van der Waals surface area contributed by atoms with Crippen LogP contribution < -0.4 is 9.64 Å². The van der Waals surface area contributed by atoms with Crippen LogP contribution in [0.5, 0.6) is 11.5 Å². The van der Waals surface area contributed by atoms with Gasteiger partial charge in [0.05, 0.1) is 11.4 Å². The molecule has 0 unspecified atom stereocenters. The van der Waals surface area contributed by atoms with Gasteiger partial charge in [-0.3, -0.25) is 0 Å². The summed E-state index contributed by atoms with van der Waals surface area (Å²) in [5, 5.41) is 0. The predicted octanol–water partition coefficient (Wildman–Crippen LogP) is 3.72. The van der Waals surface area contributed by atoms with Crippen molar-refractivity contribution in [3.63, 3.8) is 0 Å². The lowest BCUT2D eigenvalue weighted by molar-refractivity contribution is 0.476. The first kappa shape index (κ1) is 8.36. The number of hydrogen-bond donors (Lipinski definition) is 0. The van der Waals surface area contributed by atoms with Crippen molar-refractivity contribution in [2.75, 3.05) is 4.90 Å². The van der Waals surface area contributed by atoms with Crippen molar-refractivity contribution in [2.24, 2.45) is 0 Å². The average Bonchev–Trinajstić information content (AvgIpc) is 2.30. The maximum absolute atomic E-state index is 5.77. The van der Waals surface area contributed by atoms with Crippen LogP contribution in [0.25, 0.3) is 0 Å². The summed E-state index contributed by atoms with van der Waals surface area (Å²) in [6.07, 6.45) is 0. The molecule has 2 aromatic carbocycles. The van der Waals surface area contributed by atoms with E-state index in [0.29, 0.717) is 0 Å². The zero-order valence-corrected chi connectivity index (χ0v) is 8.18. The molecule has 0 saturated heterocycles. The third kappa shape index (κ3) is 1.18. The van der Waals surface area contributed by atoms with E-state index >= 15 is 0 Å². The van der Waals surface area contributed by atoms with E-state index < -0.39 is 0 Å². The van der Waals surface area contributed by atoms with Gasteiger partial charge >= 0.3 is 0 Å². The van der Waals surface area contributed by atoms with Gasteiger partial charge in [-0.15, -0.1) is 0 Å². The molecule has 0 fully saturated rings. The zero-order valence-electron chi connectivity index (χ0n) is 8.18. The van der Waals surface area contributed by atoms with Crippen LogP contribution in [0, 0.1) is 7.05 Å². The molecular formula is C13H10NO-. The number of anilines is 2. The van der Waals surface area contributed by atoms with Crippen LogP contribution in [0.15, 0.2) is 48.5 Å².